The average molecular weight is 258 g/mol. The van der Waals surface area contributed by atoms with Gasteiger partial charge in [-0.1, -0.05) is 0 Å². The summed E-state index contributed by atoms with van der Waals surface area (Å²) in [4.78, 5) is 14.0. The molecule has 0 aromatic carbocycles. The normalized spacial score (nSPS) is 31.9. The smallest absolute Gasteiger partial charge is 0.410 e. The summed E-state index contributed by atoms with van der Waals surface area (Å²) in [6.07, 6.45) is 0.778. The number of rotatable bonds is 2. The molecule has 0 aromatic rings. The van der Waals surface area contributed by atoms with Gasteiger partial charge in [0.2, 0.25) is 0 Å². The second-order valence-electron chi connectivity index (χ2n) is 6.26. The quantitative estimate of drug-likeness (QED) is 0.824. The van der Waals surface area contributed by atoms with Crippen LogP contribution in [0.4, 0.5) is 9.18 Å². The van der Waals surface area contributed by atoms with Gasteiger partial charge < -0.3 is 15.0 Å². The number of carbonyl (C=O) groups excluding carboxylic acids is 1. The van der Waals surface area contributed by atoms with Crippen LogP contribution in [0.3, 0.4) is 0 Å². The number of nitrogens with one attached hydrogen (secondary N) is 1. The number of alkyl halides is 1. The summed E-state index contributed by atoms with van der Waals surface area (Å²) in [5, 5.41) is 3.24. The molecule has 4 nitrogen and oxygen atoms in total. The zero-order valence-electron chi connectivity index (χ0n) is 11.4. The first-order valence-electron chi connectivity index (χ1n) is 6.73. The van der Waals surface area contributed by atoms with Gasteiger partial charge in [-0.05, 0) is 46.6 Å². The van der Waals surface area contributed by atoms with Crippen molar-refractivity contribution >= 4 is 6.09 Å². The first-order valence-corrected chi connectivity index (χ1v) is 6.73. The third-order valence-electron chi connectivity index (χ3n) is 3.48. The molecule has 1 atom stereocenters. The van der Waals surface area contributed by atoms with Gasteiger partial charge in [-0.3, -0.25) is 0 Å². The number of ether oxygens (including phenoxy) is 1. The Kier molecular flexibility index (Phi) is 3.80. The molecule has 1 aliphatic carbocycles. The Balaban J connectivity index is 2.01. The zero-order valence-corrected chi connectivity index (χ0v) is 11.4. The van der Waals surface area contributed by atoms with E-state index in [0.717, 1.165) is 19.5 Å². The van der Waals surface area contributed by atoms with E-state index >= 15 is 0 Å². The maximum absolute atomic E-state index is 13.0. The molecule has 18 heavy (non-hydrogen) atoms. The zero-order chi connectivity index (χ0) is 13.3. The van der Waals surface area contributed by atoms with Crippen LogP contribution in [0.1, 0.15) is 40.0 Å². The van der Waals surface area contributed by atoms with E-state index in [2.05, 4.69) is 5.32 Å². The average Bonchev–Trinajstić information content (AvgIpc) is 2.65. The van der Waals surface area contributed by atoms with Crippen LogP contribution in [0.5, 0.6) is 0 Å². The molecule has 0 bridgehead atoms. The molecule has 0 aromatic heterocycles. The van der Waals surface area contributed by atoms with Gasteiger partial charge in [0.1, 0.15) is 11.8 Å². The summed E-state index contributed by atoms with van der Waals surface area (Å²) in [7, 11) is 0. The van der Waals surface area contributed by atoms with Crippen molar-refractivity contribution in [2.75, 3.05) is 13.1 Å². The maximum atomic E-state index is 13.0. The van der Waals surface area contributed by atoms with Crippen LogP contribution in [0.25, 0.3) is 0 Å². The van der Waals surface area contributed by atoms with Crippen LogP contribution in [0, 0.1) is 0 Å². The summed E-state index contributed by atoms with van der Waals surface area (Å²) in [6, 6.07) is 0.164. The lowest BCUT2D eigenvalue weighted by Gasteiger charge is -2.42. The number of carbonyl (C=O) groups is 1. The van der Waals surface area contributed by atoms with E-state index in [1.54, 1.807) is 4.90 Å². The van der Waals surface area contributed by atoms with Crippen LogP contribution in [-0.4, -0.2) is 47.9 Å². The van der Waals surface area contributed by atoms with Crippen molar-refractivity contribution in [2.24, 2.45) is 0 Å². The summed E-state index contributed by atoms with van der Waals surface area (Å²) in [5.41, 5.74) is -0.500. The van der Waals surface area contributed by atoms with Crippen molar-refractivity contribution in [1.82, 2.24) is 10.2 Å². The molecule has 1 unspecified atom stereocenters. The summed E-state index contributed by atoms with van der Waals surface area (Å²) < 4.78 is 18.5. The van der Waals surface area contributed by atoms with Crippen LogP contribution in [0.15, 0.2) is 0 Å². The fraction of sp³-hybridized carbons (Fsp3) is 0.923. The molecular weight excluding hydrogens is 235 g/mol. The van der Waals surface area contributed by atoms with Crippen molar-refractivity contribution < 1.29 is 13.9 Å². The van der Waals surface area contributed by atoms with E-state index in [0.29, 0.717) is 12.8 Å². The van der Waals surface area contributed by atoms with E-state index in [9.17, 15) is 9.18 Å². The molecule has 1 heterocycles. The molecule has 2 aliphatic rings. The molecule has 1 amide bonds. The largest absolute Gasteiger partial charge is 0.444 e. The van der Waals surface area contributed by atoms with E-state index < -0.39 is 11.8 Å². The third-order valence-corrected chi connectivity index (χ3v) is 3.48. The minimum atomic E-state index is -0.755. The predicted molar refractivity (Wildman–Crippen MR) is 67.3 cm³/mol. The highest BCUT2D eigenvalue weighted by atomic mass is 19.1. The monoisotopic (exact) mass is 258 g/mol. The Morgan fingerprint density at radius 1 is 1.33 bits per heavy atom. The molecule has 5 heteroatoms. The molecule has 2 rings (SSSR count). The minimum absolute atomic E-state index is 0.0137. The molecule has 1 N–H and O–H groups in total. The SMILES string of the molecule is CC(C)(C)OC(=O)N(C1CCNC1)[C@H]1C[C@@H](F)C1. The van der Waals surface area contributed by atoms with E-state index in [1.165, 1.54) is 0 Å². The van der Waals surface area contributed by atoms with Gasteiger partial charge in [0, 0.05) is 18.6 Å². The summed E-state index contributed by atoms with van der Waals surface area (Å²) in [6.45, 7) is 7.26. The van der Waals surface area contributed by atoms with Gasteiger partial charge in [-0.2, -0.15) is 0 Å². The molecule has 1 saturated heterocycles. The second kappa shape index (κ2) is 5.03. The molecule has 0 radical (unpaired) electrons. The molecule has 0 spiro atoms. The lowest BCUT2D eigenvalue weighted by atomic mass is 9.88. The molecule has 2 fully saturated rings. The Bertz CT molecular complexity index is 305. The van der Waals surface area contributed by atoms with Gasteiger partial charge in [-0.25, -0.2) is 9.18 Å². The van der Waals surface area contributed by atoms with Crippen molar-refractivity contribution in [1.29, 1.82) is 0 Å². The lowest BCUT2D eigenvalue weighted by molar-refractivity contribution is -0.0180. The van der Waals surface area contributed by atoms with Crippen molar-refractivity contribution in [2.45, 2.75) is 63.9 Å². The lowest BCUT2D eigenvalue weighted by Crippen LogP contribution is -2.55. The highest BCUT2D eigenvalue weighted by molar-refractivity contribution is 5.69. The summed E-state index contributed by atoms with van der Waals surface area (Å²) in [5.74, 6) is 0. The first kappa shape index (κ1) is 13.6. The van der Waals surface area contributed by atoms with Gasteiger partial charge >= 0.3 is 6.09 Å². The minimum Gasteiger partial charge on any atom is -0.444 e. The van der Waals surface area contributed by atoms with Gasteiger partial charge in [0.05, 0.1) is 0 Å². The topological polar surface area (TPSA) is 41.6 Å². The number of nitrogens with zero attached hydrogens (tertiary/aromatic N) is 1. The van der Waals surface area contributed by atoms with E-state index in [-0.39, 0.29) is 18.2 Å². The van der Waals surface area contributed by atoms with Crippen LogP contribution >= 0.6 is 0 Å². The number of hydrogen-bond acceptors (Lipinski definition) is 3. The third kappa shape index (κ3) is 3.13. The molecule has 1 saturated carbocycles. The maximum Gasteiger partial charge on any atom is 0.410 e. The van der Waals surface area contributed by atoms with Crippen molar-refractivity contribution in [3.8, 4) is 0 Å². The second-order valence-corrected chi connectivity index (χ2v) is 6.26. The van der Waals surface area contributed by atoms with E-state index in [1.807, 2.05) is 20.8 Å². The number of amides is 1. The molecule has 104 valence electrons. The van der Waals surface area contributed by atoms with Gasteiger partial charge in [0.15, 0.2) is 0 Å². The molecule has 1 aliphatic heterocycles. The van der Waals surface area contributed by atoms with Crippen LogP contribution in [0.2, 0.25) is 0 Å². The van der Waals surface area contributed by atoms with Crippen molar-refractivity contribution in [3.05, 3.63) is 0 Å². The van der Waals surface area contributed by atoms with Crippen LogP contribution < -0.4 is 5.32 Å². The Labute approximate surface area is 108 Å². The van der Waals surface area contributed by atoms with Gasteiger partial charge in [0.25, 0.3) is 0 Å². The number of hydrogen-bond donors (Lipinski definition) is 1. The Morgan fingerprint density at radius 3 is 2.44 bits per heavy atom. The Hall–Kier alpha value is -0.840. The fourth-order valence-corrected chi connectivity index (χ4v) is 2.54. The highest BCUT2D eigenvalue weighted by Gasteiger charge is 2.42. The van der Waals surface area contributed by atoms with E-state index in [4.69, 9.17) is 4.74 Å². The van der Waals surface area contributed by atoms with Crippen molar-refractivity contribution in [3.63, 3.8) is 0 Å². The van der Waals surface area contributed by atoms with Crippen LogP contribution in [-0.2, 0) is 4.74 Å². The first-order chi connectivity index (χ1) is 8.37. The number of halogens is 1. The van der Waals surface area contributed by atoms with Gasteiger partial charge in [-0.15, -0.1) is 0 Å². The standard InChI is InChI=1S/C13H23FN2O2/c1-13(2,3)18-12(17)16(10-4-5-15-8-10)11-6-9(14)7-11/h9-11,15H,4-8H2,1-3H3/t9-,10?,11+. The summed E-state index contributed by atoms with van der Waals surface area (Å²) >= 11 is 0. The molecular formula is C13H23FN2O2. The fourth-order valence-electron chi connectivity index (χ4n) is 2.54. The Morgan fingerprint density at radius 2 is 2.00 bits per heavy atom. The highest BCUT2D eigenvalue weighted by Crippen LogP contribution is 2.32. The predicted octanol–water partition coefficient (Wildman–Crippen LogP) is 2.09.